The van der Waals surface area contributed by atoms with E-state index in [1.165, 1.54) is 10.9 Å². The van der Waals surface area contributed by atoms with Crippen LogP contribution < -0.4 is 4.74 Å². The lowest BCUT2D eigenvalue weighted by atomic mass is 9.95. The van der Waals surface area contributed by atoms with Crippen LogP contribution in [0, 0.1) is 20.8 Å². The summed E-state index contributed by atoms with van der Waals surface area (Å²) in [7, 11) is 1.89. The van der Waals surface area contributed by atoms with E-state index in [9.17, 15) is 18.0 Å². The number of ketones is 1. The summed E-state index contributed by atoms with van der Waals surface area (Å²) in [6, 6.07) is 1.56. The van der Waals surface area contributed by atoms with Crippen molar-refractivity contribution in [2.45, 2.75) is 25.7 Å². The summed E-state index contributed by atoms with van der Waals surface area (Å²) in [6.07, 6.45) is 2.51. The predicted molar refractivity (Wildman–Crippen MR) is 115 cm³/mol. The molecule has 0 fully saturated rings. The third-order valence-electron chi connectivity index (χ3n) is 4.90. The first kappa shape index (κ1) is 24.5. The summed E-state index contributed by atoms with van der Waals surface area (Å²) in [4.78, 5) is 27.3. The molecule has 0 aliphatic rings. The van der Waals surface area contributed by atoms with Gasteiger partial charge in [0.1, 0.15) is 12.2 Å². The number of hydrogen-bond donors (Lipinski definition) is 0. The molecule has 0 bridgehead atoms. The molecule has 0 amide bonds. The molecule has 0 atom stereocenters. The van der Waals surface area contributed by atoms with Crippen molar-refractivity contribution < 1.29 is 27.5 Å². The standard InChI is InChI=1S/C21H29N3O6S/c1-13-10-16(14(2)15(3)20(13)31(7,27)28)19(26)17-11-22-24(6)21(17)30-12-18(25)29-9-8-23(4)5/h10-11H,8-9,12H2,1-7H3. The van der Waals surface area contributed by atoms with Crippen molar-refractivity contribution >= 4 is 21.6 Å². The number of ether oxygens (including phenoxy) is 2. The Morgan fingerprint density at radius 1 is 1.13 bits per heavy atom. The van der Waals surface area contributed by atoms with Crippen molar-refractivity contribution in [1.82, 2.24) is 14.7 Å². The van der Waals surface area contributed by atoms with Gasteiger partial charge in [-0.3, -0.25) is 4.79 Å². The van der Waals surface area contributed by atoms with Crippen molar-refractivity contribution in [2.24, 2.45) is 7.05 Å². The minimum Gasteiger partial charge on any atom is -0.465 e. The lowest BCUT2D eigenvalue weighted by Gasteiger charge is -2.15. The van der Waals surface area contributed by atoms with Gasteiger partial charge in [-0.1, -0.05) is 0 Å². The molecule has 0 aliphatic heterocycles. The van der Waals surface area contributed by atoms with E-state index in [0.29, 0.717) is 28.8 Å². The summed E-state index contributed by atoms with van der Waals surface area (Å²) in [6.45, 7) is 5.50. The van der Waals surface area contributed by atoms with Crippen LogP contribution in [0.5, 0.6) is 5.88 Å². The van der Waals surface area contributed by atoms with Gasteiger partial charge < -0.3 is 14.4 Å². The van der Waals surface area contributed by atoms with Crippen LogP contribution >= 0.6 is 0 Å². The van der Waals surface area contributed by atoms with Crippen LogP contribution in [0.25, 0.3) is 0 Å². The van der Waals surface area contributed by atoms with E-state index in [4.69, 9.17) is 9.47 Å². The molecule has 0 spiro atoms. The quantitative estimate of drug-likeness (QED) is 0.417. The molecule has 1 aromatic carbocycles. The molecule has 2 aromatic rings. The zero-order chi connectivity index (χ0) is 23.5. The second-order valence-corrected chi connectivity index (χ2v) is 9.67. The number of sulfone groups is 1. The fraction of sp³-hybridized carbons (Fsp3) is 0.476. The van der Waals surface area contributed by atoms with E-state index < -0.39 is 15.8 Å². The van der Waals surface area contributed by atoms with Gasteiger partial charge in [0.15, 0.2) is 22.2 Å². The summed E-state index contributed by atoms with van der Waals surface area (Å²) >= 11 is 0. The number of carbonyl (C=O) groups excluding carboxylic acids is 2. The fourth-order valence-corrected chi connectivity index (χ4v) is 4.63. The summed E-state index contributed by atoms with van der Waals surface area (Å²) in [5.74, 6) is -0.786. The molecule has 0 radical (unpaired) electrons. The predicted octanol–water partition coefficient (Wildman–Crippen LogP) is 1.46. The first-order valence-electron chi connectivity index (χ1n) is 9.65. The minimum absolute atomic E-state index is 0.136. The number of hydrogen-bond acceptors (Lipinski definition) is 8. The van der Waals surface area contributed by atoms with E-state index in [0.717, 1.165) is 6.26 Å². The topological polar surface area (TPSA) is 108 Å². The average Bonchev–Trinajstić information content (AvgIpc) is 3.01. The summed E-state index contributed by atoms with van der Waals surface area (Å²) < 4.78 is 36.3. The molecule has 0 aliphatic carbocycles. The van der Waals surface area contributed by atoms with Gasteiger partial charge in [-0.2, -0.15) is 5.10 Å². The molecule has 0 saturated heterocycles. The van der Waals surface area contributed by atoms with Gasteiger partial charge in [-0.05, 0) is 57.6 Å². The number of aromatic nitrogens is 2. The number of carbonyl (C=O) groups is 2. The Bertz CT molecular complexity index is 1100. The lowest BCUT2D eigenvalue weighted by molar-refractivity contribution is -0.146. The fourth-order valence-electron chi connectivity index (χ4n) is 3.27. The van der Waals surface area contributed by atoms with Crippen LogP contribution in [0.1, 0.15) is 32.6 Å². The van der Waals surface area contributed by atoms with Crippen molar-refractivity contribution in [2.75, 3.05) is 40.1 Å². The Kier molecular flexibility index (Phi) is 7.61. The highest BCUT2D eigenvalue weighted by Crippen LogP contribution is 2.29. The van der Waals surface area contributed by atoms with Gasteiger partial charge in [0, 0.05) is 25.4 Å². The Balaban J connectivity index is 2.29. The number of esters is 1. The number of aryl methyl sites for hydroxylation is 2. The smallest absolute Gasteiger partial charge is 0.344 e. The zero-order valence-corrected chi connectivity index (χ0v) is 19.8. The Labute approximate surface area is 182 Å². The number of rotatable bonds is 9. The van der Waals surface area contributed by atoms with E-state index >= 15 is 0 Å². The van der Waals surface area contributed by atoms with E-state index in [1.54, 1.807) is 33.9 Å². The van der Waals surface area contributed by atoms with E-state index in [-0.39, 0.29) is 35.3 Å². The molecule has 0 N–H and O–H groups in total. The third-order valence-corrected chi connectivity index (χ3v) is 6.27. The highest BCUT2D eigenvalue weighted by molar-refractivity contribution is 7.90. The van der Waals surface area contributed by atoms with Crippen LogP contribution in [0.3, 0.4) is 0 Å². The van der Waals surface area contributed by atoms with Crippen molar-refractivity contribution in [1.29, 1.82) is 0 Å². The van der Waals surface area contributed by atoms with Crippen LogP contribution in [0.2, 0.25) is 0 Å². The van der Waals surface area contributed by atoms with Crippen LogP contribution in [0.4, 0.5) is 0 Å². The van der Waals surface area contributed by atoms with Gasteiger partial charge in [0.05, 0.1) is 11.1 Å². The molecule has 9 nitrogen and oxygen atoms in total. The molecule has 0 unspecified atom stereocenters. The van der Waals surface area contributed by atoms with Crippen LogP contribution in [-0.4, -0.2) is 75.0 Å². The molecule has 1 aromatic heterocycles. The largest absolute Gasteiger partial charge is 0.465 e. The van der Waals surface area contributed by atoms with Crippen molar-refractivity contribution in [3.63, 3.8) is 0 Å². The molecule has 2 rings (SSSR count). The minimum atomic E-state index is -3.44. The number of benzene rings is 1. The molecule has 0 saturated carbocycles. The zero-order valence-electron chi connectivity index (χ0n) is 19.0. The summed E-state index contributed by atoms with van der Waals surface area (Å²) in [5.41, 5.74) is 2.12. The Morgan fingerprint density at radius 2 is 1.77 bits per heavy atom. The Morgan fingerprint density at radius 3 is 2.35 bits per heavy atom. The van der Waals surface area contributed by atoms with Crippen LogP contribution in [0.15, 0.2) is 17.2 Å². The van der Waals surface area contributed by atoms with Crippen LogP contribution in [-0.2, 0) is 26.4 Å². The summed E-state index contributed by atoms with van der Waals surface area (Å²) in [5, 5.41) is 4.07. The highest BCUT2D eigenvalue weighted by atomic mass is 32.2. The second-order valence-electron chi connectivity index (χ2n) is 7.72. The van der Waals surface area contributed by atoms with Gasteiger partial charge in [-0.15, -0.1) is 0 Å². The first-order chi connectivity index (χ1) is 14.3. The average molecular weight is 452 g/mol. The highest BCUT2D eigenvalue weighted by Gasteiger charge is 2.25. The van der Waals surface area contributed by atoms with Gasteiger partial charge in [0.2, 0.25) is 5.88 Å². The molecule has 31 heavy (non-hydrogen) atoms. The molecule has 10 heteroatoms. The Hall–Kier alpha value is -2.72. The number of nitrogens with zero attached hydrogens (tertiary/aromatic N) is 3. The molecular formula is C21H29N3O6S. The molecule has 1 heterocycles. The monoisotopic (exact) mass is 451 g/mol. The lowest BCUT2D eigenvalue weighted by Crippen LogP contribution is -2.23. The molecular weight excluding hydrogens is 422 g/mol. The normalized spacial score (nSPS) is 11.6. The molecule has 170 valence electrons. The maximum absolute atomic E-state index is 13.3. The van der Waals surface area contributed by atoms with Crippen molar-refractivity contribution in [3.8, 4) is 5.88 Å². The van der Waals surface area contributed by atoms with Gasteiger partial charge in [-0.25, -0.2) is 17.9 Å². The third kappa shape index (κ3) is 5.71. The van der Waals surface area contributed by atoms with Crippen molar-refractivity contribution in [3.05, 3.63) is 40.1 Å². The van der Waals surface area contributed by atoms with E-state index in [1.807, 2.05) is 19.0 Å². The van der Waals surface area contributed by atoms with E-state index in [2.05, 4.69) is 5.10 Å². The van der Waals surface area contributed by atoms with Gasteiger partial charge >= 0.3 is 5.97 Å². The number of likely N-dealkylation sites (N-methyl/N-ethyl adjacent to an activating group) is 1. The second kappa shape index (κ2) is 9.61. The van der Waals surface area contributed by atoms with Gasteiger partial charge in [0.25, 0.3) is 0 Å². The maximum atomic E-state index is 13.3. The maximum Gasteiger partial charge on any atom is 0.344 e. The first-order valence-corrected chi connectivity index (χ1v) is 11.5. The SMILES string of the molecule is Cc1cc(C(=O)c2cnn(C)c2OCC(=O)OCCN(C)C)c(C)c(C)c1S(C)(=O)=O.